The third-order valence-electron chi connectivity index (χ3n) is 2.55. The average molecular weight is 286 g/mol. The molecule has 1 heterocycles. The second-order valence-corrected chi connectivity index (χ2v) is 4.07. The number of nitrogens with two attached hydrogens (primary N) is 1. The molecule has 7 nitrogen and oxygen atoms in total. The molecule has 2 rings (SSSR count). The Morgan fingerprint density at radius 3 is 2.48 bits per heavy atom. The van der Waals surface area contributed by atoms with E-state index >= 15 is 0 Å². The summed E-state index contributed by atoms with van der Waals surface area (Å²) in [5.74, 6) is 0.750. The van der Waals surface area contributed by atoms with Gasteiger partial charge in [0.1, 0.15) is 17.2 Å². The van der Waals surface area contributed by atoms with Gasteiger partial charge in [-0.3, -0.25) is 9.78 Å². The topological polar surface area (TPSA) is 106 Å². The summed E-state index contributed by atoms with van der Waals surface area (Å²) in [6.07, 6.45) is 1.49. The first kappa shape index (κ1) is 14.3. The Morgan fingerprint density at radius 1 is 1.14 bits per heavy atom. The van der Waals surface area contributed by atoms with E-state index in [4.69, 9.17) is 10.5 Å². The zero-order valence-electron chi connectivity index (χ0n) is 11.3. The third-order valence-corrected chi connectivity index (χ3v) is 2.55. The first-order valence-corrected chi connectivity index (χ1v) is 6.11. The van der Waals surface area contributed by atoms with Crippen LogP contribution in [0.15, 0.2) is 42.6 Å². The van der Waals surface area contributed by atoms with E-state index in [0.717, 1.165) is 0 Å². The van der Waals surface area contributed by atoms with Crippen molar-refractivity contribution in [2.75, 3.05) is 12.4 Å². The van der Waals surface area contributed by atoms with E-state index in [9.17, 15) is 9.59 Å². The van der Waals surface area contributed by atoms with Gasteiger partial charge in [0.05, 0.1) is 0 Å². The van der Waals surface area contributed by atoms with Gasteiger partial charge in [0.25, 0.3) is 5.91 Å². The molecule has 1 aromatic carbocycles. The van der Waals surface area contributed by atoms with Gasteiger partial charge in [-0.1, -0.05) is 0 Å². The predicted octanol–water partition coefficient (Wildman–Crippen LogP) is 1.72. The summed E-state index contributed by atoms with van der Waals surface area (Å²) in [5.41, 5.74) is 5.85. The Morgan fingerprint density at radius 2 is 1.86 bits per heavy atom. The van der Waals surface area contributed by atoms with Crippen LogP contribution in [0.5, 0.6) is 11.5 Å². The number of anilines is 1. The zero-order valence-corrected chi connectivity index (χ0v) is 11.3. The average Bonchev–Trinajstić information content (AvgIpc) is 2.48. The van der Waals surface area contributed by atoms with E-state index in [-0.39, 0.29) is 11.6 Å². The number of hydrogen-bond acceptors (Lipinski definition) is 4. The lowest BCUT2D eigenvalue weighted by molar-refractivity contribution is 0.0958. The minimum Gasteiger partial charge on any atom is -0.457 e. The van der Waals surface area contributed by atoms with Crippen LogP contribution < -0.4 is 21.1 Å². The Balaban J connectivity index is 2.11. The summed E-state index contributed by atoms with van der Waals surface area (Å²) in [4.78, 5) is 26.1. The molecule has 1 aromatic heterocycles. The van der Waals surface area contributed by atoms with E-state index < -0.39 is 6.03 Å². The number of hydrogen-bond donors (Lipinski definition) is 3. The molecule has 0 aliphatic carbocycles. The zero-order chi connectivity index (χ0) is 15.2. The number of rotatable bonds is 4. The molecule has 3 amide bonds. The number of carbonyl (C=O) groups is 2. The lowest BCUT2D eigenvalue weighted by Crippen LogP contribution is -2.19. The lowest BCUT2D eigenvalue weighted by Gasteiger charge is -2.08. The number of amides is 3. The molecule has 0 aliphatic rings. The summed E-state index contributed by atoms with van der Waals surface area (Å²) >= 11 is 0. The van der Waals surface area contributed by atoms with Crippen LogP contribution in [0.2, 0.25) is 0 Å². The second kappa shape index (κ2) is 6.38. The van der Waals surface area contributed by atoms with Crippen LogP contribution in [-0.4, -0.2) is 24.0 Å². The maximum atomic E-state index is 11.5. The van der Waals surface area contributed by atoms with Gasteiger partial charge in [-0.05, 0) is 30.3 Å². The molecule has 21 heavy (non-hydrogen) atoms. The number of nitrogens with one attached hydrogen (secondary N) is 2. The standard InChI is InChI=1S/C14H14N4O3/c1-16-13(19)12-8-11(6-7-17-12)21-10-4-2-9(3-5-10)18-14(15)20/h2-8H,1H3,(H,16,19)(H3,15,18,20). The highest BCUT2D eigenvalue weighted by Crippen LogP contribution is 2.23. The van der Waals surface area contributed by atoms with Crippen LogP contribution >= 0.6 is 0 Å². The maximum absolute atomic E-state index is 11.5. The number of pyridine rings is 1. The van der Waals surface area contributed by atoms with E-state index in [1.54, 1.807) is 30.3 Å². The SMILES string of the molecule is CNC(=O)c1cc(Oc2ccc(NC(N)=O)cc2)ccn1. The van der Waals surface area contributed by atoms with Crippen LogP contribution in [0.4, 0.5) is 10.5 Å². The molecule has 0 aliphatic heterocycles. The maximum Gasteiger partial charge on any atom is 0.316 e. The fourth-order valence-corrected chi connectivity index (χ4v) is 1.61. The first-order chi connectivity index (χ1) is 10.1. The molecule has 2 aromatic rings. The molecule has 0 spiro atoms. The minimum atomic E-state index is -0.631. The molecule has 0 bridgehead atoms. The van der Waals surface area contributed by atoms with Crippen molar-refractivity contribution in [2.24, 2.45) is 5.73 Å². The fourth-order valence-electron chi connectivity index (χ4n) is 1.61. The van der Waals surface area contributed by atoms with Crippen LogP contribution in [0.1, 0.15) is 10.5 Å². The molecular formula is C14H14N4O3. The highest BCUT2D eigenvalue weighted by Gasteiger charge is 2.06. The van der Waals surface area contributed by atoms with Gasteiger partial charge in [-0.2, -0.15) is 0 Å². The Bertz CT molecular complexity index is 656. The van der Waals surface area contributed by atoms with Crippen LogP contribution in [0, 0.1) is 0 Å². The van der Waals surface area contributed by atoms with Gasteiger partial charge < -0.3 is 21.1 Å². The Hall–Kier alpha value is -3.09. The molecule has 0 saturated heterocycles. The van der Waals surface area contributed by atoms with Crippen LogP contribution in [0.25, 0.3) is 0 Å². The quantitative estimate of drug-likeness (QED) is 0.795. The van der Waals surface area contributed by atoms with Crippen molar-refractivity contribution in [2.45, 2.75) is 0 Å². The summed E-state index contributed by atoms with van der Waals surface area (Å²) in [5, 5.41) is 4.94. The fraction of sp³-hybridized carbons (Fsp3) is 0.0714. The van der Waals surface area contributed by atoms with Gasteiger partial charge in [-0.15, -0.1) is 0 Å². The molecule has 0 radical (unpaired) electrons. The van der Waals surface area contributed by atoms with Crippen molar-refractivity contribution in [1.29, 1.82) is 0 Å². The molecule has 0 saturated carbocycles. The number of primary amides is 1. The number of nitrogens with zero attached hydrogens (tertiary/aromatic N) is 1. The molecule has 0 fully saturated rings. The first-order valence-electron chi connectivity index (χ1n) is 6.11. The summed E-state index contributed by atoms with van der Waals surface area (Å²) in [6.45, 7) is 0. The molecule has 108 valence electrons. The third kappa shape index (κ3) is 3.93. The summed E-state index contributed by atoms with van der Waals surface area (Å²) < 4.78 is 5.61. The van der Waals surface area contributed by atoms with Gasteiger partial charge >= 0.3 is 6.03 Å². The molecule has 4 N–H and O–H groups in total. The highest BCUT2D eigenvalue weighted by atomic mass is 16.5. The number of benzene rings is 1. The predicted molar refractivity (Wildman–Crippen MR) is 77.3 cm³/mol. The minimum absolute atomic E-state index is 0.266. The van der Waals surface area contributed by atoms with E-state index in [1.807, 2.05) is 0 Å². The number of aromatic nitrogens is 1. The summed E-state index contributed by atoms with van der Waals surface area (Å²) in [7, 11) is 1.53. The van der Waals surface area contributed by atoms with E-state index in [2.05, 4.69) is 15.6 Å². The Kier molecular flexibility index (Phi) is 4.35. The lowest BCUT2D eigenvalue weighted by atomic mass is 10.3. The van der Waals surface area contributed by atoms with Gasteiger partial charge in [0.2, 0.25) is 0 Å². The van der Waals surface area contributed by atoms with Crippen molar-refractivity contribution in [1.82, 2.24) is 10.3 Å². The molecule has 7 heteroatoms. The van der Waals surface area contributed by atoms with Gasteiger partial charge in [0, 0.05) is 25.0 Å². The largest absolute Gasteiger partial charge is 0.457 e. The van der Waals surface area contributed by atoms with Crippen LogP contribution in [0.3, 0.4) is 0 Å². The summed E-state index contributed by atoms with van der Waals surface area (Å²) in [6, 6.07) is 9.20. The number of carbonyl (C=O) groups excluding carboxylic acids is 2. The molecule has 0 atom stereocenters. The number of ether oxygens (including phenoxy) is 1. The molecule has 0 unspecified atom stereocenters. The monoisotopic (exact) mass is 286 g/mol. The van der Waals surface area contributed by atoms with Crippen molar-refractivity contribution in [3.63, 3.8) is 0 Å². The molecular weight excluding hydrogens is 272 g/mol. The second-order valence-electron chi connectivity index (χ2n) is 4.07. The van der Waals surface area contributed by atoms with E-state index in [1.165, 1.54) is 19.3 Å². The van der Waals surface area contributed by atoms with Crippen LogP contribution in [-0.2, 0) is 0 Å². The normalized spacial score (nSPS) is 9.76. The van der Waals surface area contributed by atoms with Crippen molar-refractivity contribution < 1.29 is 14.3 Å². The van der Waals surface area contributed by atoms with Gasteiger partial charge in [-0.25, -0.2) is 4.79 Å². The number of urea groups is 1. The van der Waals surface area contributed by atoms with E-state index in [0.29, 0.717) is 17.2 Å². The van der Waals surface area contributed by atoms with Crippen molar-refractivity contribution >= 4 is 17.6 Å². The van der Waals surface area contributed by atoms with Crippen molar-refractivity contribution in [3.05, 3.63) is 48.3 Å². The highest BCUT2D eigenvalue weighted by molar-refractivity contribution is 5.92. The smallest absolute Gasteiger partial charge is 0.316 e. The Labute approximate surface area is 121 Å². The van der Waals surface area contributed by atoms with Crippen molar-refractivity contribution in [3.8, 4) is 11.5 Å². The van der Waals surface area contributed by atoms with Gasteiger partial charge in [0.15, 0.2) is 0 Å².